The van der Waals surface area contributed by atoms with Gasteiger partial charge in [-0.3, -0.25) is 4.79 Å². The number of rotatable bonds is 6. The molecule has 0 saturated heterocycles. The van der Waals surface area contributed by atoms with E-state index in [-0.39, 0.29) is 35.5 Å². The van der Waals surface area contributed by atoms with E-state index in [0.29, 0.717) is 41.4 Å². The molecule has 4 heterocycles. The third-order valence-electron chi connectivity index (χ3n) is 10.1. The van der Waals surface area contributed by atoms with Crippen molar-refractivity contribution < 1.29 is 48.2 Å². The number of hydrogen-bond acceptors (Lipinski definition) is 10. The number of phenols is 1. The lowest BCUT2D eigenvalue weighted by atomic mass is 9.89. The van der Waals surface area contributed by atoms with E-state index < -0.39 is 17.3 Å². The quantitative estimate of drug-likeness (QED) is 0.196. The summed E-state index contributed by atoms with van der Waals surface area (Å²) in [6, 6.07) is 18.6. The molecule has 0 saturated carbocycles. The summed E-state index contributed by atoms with van der Waals surface area (Å²) >= 11 is 0. The van der Waals surface area contributed by atoms with Gasteiger partial charge in [0.15, 0.2) is 5.78 Å². The molecule has 0 bridgehead atoms. The van der Waals surface area contributed by atoms with Crippen LogP contribution in [0.25, 0.3) is 6.08 Å². The second-order valence-electron chi connectivity index (χ2n) is 14.5. The van der Waals surface area contributed by atoms with Gasteiger partial charge in [-0.05, 0) is 75.7 Å². The van der Waals surface area contributed by atoms with Crippen LogP contribution in [0.5, 0.6) is 46.0 Å². The minimum atomic E-state index is -0.758. The summed E-state index contributed by atoms with van der Waals surface area (Å²) in [5, 5.41) is 20.8. The zero-order valence-electron chi connectivity index (χ0n) is 30.4. The Bertz CT molecular complexity index is 2060. The Morgan fingerprint density at radius 3 is 2.25 bits per heavy atom. The molecule has 0 radical (unpaired) electrons. The molecule has 4 aromatic carbocycles. The number of methoxy groups -OCH3 is 3. The first-order chi connectivity index (χ1) is 24.8. The van der Waals surface area contributed by atoms with Crippen molar-refractivity contribution >= 4 is 11.9 Å². The number of carbonyl (C=O) groups excluding carboxylic acids is 1. The third-order valence-corrected chi connectivity index (χ3v) is 10.1. The maximum Gasteiger partial charge on any atom is 0.171 e. The van der Waals surface area contributed by atoms with Crippen molar-refractivity contribution in [2.75, 3.05) is 27.9 Å². The standard InChI is InChI=1S/C25H28O6.C17H16O4/c1-24(2)9-8-16-20(30-24)7-6-14(23(16)29-5)11-18(26)17-10-15-12-22(28)25(3,4)31-21(15)13-19(17)27;1-18-10-4-6-13-15(7-10)20-9-14-12-5-3-11(19-2)8-16(12)21-17(13)14/h6-10,13,22,27-28H,11-12H2,1-5H3;3-8,14,17H,9H2,1-2H3. The minimum absolute atomic E-state index is 0.00163. The zero-order chi connectivity index (χ0) is 36.9. The molecule has 272 valence electrons. The number of ketones is 1. The molecule has 8 rings (SSSR count). The first kappa shape index (κ1) is 35.1. The fourth-order valence-electron chi connectivity index (χ4n) is 7.09. The molecule has 2 N–H and O–H groups in total. The van der Waals surface area contributed by atoms with Gasteiger partial charge in [0.05, 0.1) is 51.1 Å². The Balaban J connectivity index is 0.000000174. The van der Waals surface area contributed by atoms with Crippen LogP contribution >= 0.6 is 0 Å². The van der Waals surface area contributed by atoms with Gasteiger partial charge in [-0.25, -0.2) is 0 Å². The Kier molecular flexibility index (Phi) is 8.99. The highest BCUT2D eigenvalue weighted by Crippen LogP contribution is 2.52. The second kappa shape index (κ2) is 13.3. The molecule has 3 unspecified atom stereocenters. The van der Waals surface area contributed by atoms with Crippen LogP contribution in [0.2, 0.25) is 0 Å². The van der Waals surface area contributed by atoms with Gasteiger partial charge in [-0.1, -0.05) is 12.1 Å². The summed E-state index contributed by atoms with van der Waals surface area (Å²) in [5.41, 5.74) is 3.47. The van der Waals surface area contributed by atoms with Crippen molar-refractivity contribution in [1.29, 1.82) is 0 Å². The van der Waals surface area contributed by atoms with Crippen LogP contribution < -0.4 is 33.2 Å². The Labute approximate surface area is 303 Å². The Hall–Kier alpha value is -5.35. The minimum Gasteiger partial charge on any atom is -0.507 e. The monoisotopic (exact) mass is 708 g/mol. The van der Waals surface area contributed by atoms with E-state index in [1.54, 1.807) is 41.2 Å². The van der Waals surface area contributed by atoms with Gasteiger partial charge in [0, 0.05) is 47.7 Å². The SMILES string of the molecule is COc1c(CC(=O)c2cc3c(cc2O)OC(C)(C)C(O)C3)ccc2c1C=CC(C)(C)O2.COc1ccc2c(c1)OC1c3ccc(OC)cc3OCC21. The number of Topliss-reactive ketones (excluding diaryl/α,β-unsaturated/α-hetero) is 1. The number of aliphatic hydroxyl groups excluding tert-OH is 1. The van der Waals surface area contributed by atoms with Crippen molar-refractivity contribution in [3.05, 3.63) is 100 Å². The predicted octanol–water partition coefficient (Wildman–Crippen LogP) is 7.40. The molecule has 10 nitrogen and oxygen atoms in total. The van der Waals surface area contributed by atoms with Gasteiger partial charge < -0.3 is 43.4 Å². The smallest absolute Gasteiger partial charge is 0.171 e. The summed E-state index contributed by atoms with van der Waals surface area (Å²) in [4.78, 5) is 13.1. The van der Waals surface area contributed by atoms with Gasteiger partial charge in [-0.2, -0.15) is 0 Å². The highest BCUT2D eigenvalue weighted by molar-refractivity contribution is 6.01. The Morgan fingerprint density at radius 1 is 0.827 bits per heavy atom. The van der Waals surface area contributed by atoms with Gasteiger partial charge in [0.1, 0.15) is 63.3 Å². The van der Waals surface area contributed by atoms with E-state index in [4.69, 9.17) is 33.2 Å². The van der Waals surface area contributed by atoms with Crippen LogP contribution in [0.4, 0.5) is 0 Å². The summed E-state index contributed by atoms with van der Waals surface area (Å²) < 4.78 is 40.0. The average Bonchev–Trinajstić information content (AvgIpc) is 3.50. The van der Waals surface area contributed by atoms with E-state index in [2.05, 4.69) is 6.07 Å². The number of aliphatic hydroxyl groups is 1. The highest BCUT2D eigenvalue weighted by atomic mass is 16.5. The van der Waals surface area contributed by atoms with Crippen LogP contribution in [0.1, 0.15) is 77.9 Å². The Morgan fingerprint density at radius 2 is 1.54 bits per heavy atom. The zero-order valence-corrected chi connectivity index (χ0v) is 30.4. The molecular weight excluding hydrogens is 664 g/mol. The van der Waals surface area contributed by atoms with Crippen LogP contribution in [0.3, 0.4) is 0 Å². The topological polar surface area (TPSA) is 122 Å². The maximum atomic E-state index is 13.1. The van der Waals surface area contributed by atoms with Crippen LogP contribution in [0.15, 0.2) is 66.7 Å². The van der Waals surface area contributed by atoms with Crippen molar-refractivity contribution in [3.8, 4) is 46.0 Å². The summed E-state index contributed by atoms with van der Waals surface area (Å²) in [6.07, 6.45) is 3.59. The van der Waals surface area contributed by atoms with Gasteiger partial charge in [0.2, 0.25) is 0 Å². The third kappa shape index (κ3) is 6.47. The molecular formula is C42H44O10. The molecule has 10 heteroatoms. The molecule has 0 aromatic heterocycles. The number of carbonyl (C=O) groups is 1. The number of phenolic OH excluding ortho intramolecular Hbond substituents is 1. The summed E-state index contributed by atoms with van der Waals surface area (Å²) in [5.74, 6) is 4.94. The molecule has 4 aromatic rings. The fourth-order valence-corrected chi connectivity index (χ4v) is 7.09. The van der Waals surface area contributed by atoms with E-state index >= 15 is 0 Å². The van der Waals surface area contributed by atoms with Crippen LogP contribution in [0, 0.1) is 0 Å². The van der Waals surface area contributed by atoms with E-state index in [9.17, 15) is 15.0 Å². The summed E-state index contributed by atoms with van der Waals surface area (Å²) in [6.45, 7) is 8.13. The molecule has 0 fully saturated rings. The van der Waals surface area contributed by atoms with Crippen LogP contribution in [-0.4, -0.2) is 61.2 Å². The number of benzene rings is 4. The molecule has 0 amide bonds. The maximum absolute atomic E-state index is 13.1. The van der Waals surface area contributed by atoms with E-state index in [1.165, 1.54) is 11.6 Å². The number of hydrogen-bond donors (Lipinski definition) is 2. The molecule has 4 aliphatic heterocycles. The van der Waals surface area contributed by atoms with E-state index in [1.807, 2.05) is 68.5 Å². The number of ether oxygens (including phenoxy) is 7. The largest absolute Gasteiger partial charge is 0.507 e. The van der Waals surface area contributed by atoms with Crippen LogP contribution in [-0.2, 0) is 12.8 Å². The van der Waals surface area contributed by atoms with Gasteiger partial charge in [-0.15, -0.1) is 0 Å². The highest BCUT2D eigenvalue weighted by Gasteiger charge is 2.41. The molecule has 0 spiro atoms. The predicted molar refractivity (Wildman–Crippen MR) is 195 cm³/mol. The molecule has 3 atom stereocenters. The molecule has 52 heavy (non-hydrogen) atoms. The lowest BCUT2D eigenvalue weighted by Crippen LogP contribution is -2.46. The number of fused-ring (bicyclic) bond motifs is 7. The second-order valence-corrected chi connectivity index (χ2v) is 14.5. The van der Waals surface area contributed by atoms with Gasteiger partial charge >= 0.3 is 0 Å². The van der Waals surface area contributed by atoms with Crippen molar-refractivity contribution in [1.82, 2.24) is 0 Å². The van der Waals surface area contributed by atoms with Gasteiger partial charge in [0.25, 0.3) is 0 Å². The van der Waals surface area contributed by atoms with Crippen molar-refractivity contribution in [2.24, 2.45) is 0 Å². The fraction of sp³-hybridized carbons (Fsp3) is 0.357. The summed E-state index contributed by atoms with van der Waals surface area (Å²) in [7, 11) is 4.88. The lowest BCUT2D eigenvalue weighted by molar-refractivity contribution is -0.0412. The molecule has 4 aliphatic rings. The van der Waals surface area contributed by atoms with Crippen molar-refractivity contribution in [2.45, 2.75) is 69.9 Å². The first-order valence-corrected chi connectivity index (χ1v) is 17.3. The van der Waals surface area contributed by atoms with Crippen molar-refractivity contribution in [3.63, 3.8) is 0 Å². The number of aromatic hydroxyl groups is 1. The average molecular weight is 709 g/mol. The molecule has 0 aliphatic carbocycles. The lowest BCUT2D eigenvalue weighted by Gasteiger charge is -2.37. The first-order valence-electron chi connectivity index (χ1n) is 17.3. The normalized spacial score (nSPS) is 20.7. The van der Waals surface area contributed by atoms with E-state index in [0.717, 1.165) is 34.1 Å².